The first-order chi connectivity index (χ1) is 9.68. The molecule has 4 nitrogen and oxygen atoms in total. The molecule has 114 valence electrons. The van der Waals surface area contributed by atoms with Gasteiger partial charge < -0.3 is 19.7 Å². The fourth-order valence-electron chi connectivity index (χ4n) is 2.01. The van der Waals surface area contributed by atoms with E-state index in [1.807, 2.05) is 24.3 Å². The molecule has 0 aliphatic rings. The van der Waals surface area contributed by atoms with Crippen molar-refractivity contribution < 1.29 is 19.7 Å². The maximum absolute atomic E-state index is 9.69. The lowest BCUT2D eigenvalue weighted by Gasteiger charge is -2.30. The summed E-state index contributed by atoms with van der Waals surface area (Å²) in [6.45, 7) is 1.60. The van der Waals surface area contributed by atoms with Crippen molar-refractivity contribution >= 4 is 15.9 Å². The van der Waals surface area contributed by atoms with Crippen LogP contribution in [0.15, 0.2) is 28.7 Å². The molecule has 0 heterocycles. The van der Waals surface area contributed by atoms with Crippen LogP contribution >= 0.6 is 15.9 Å². The molecule has 20 heavy (non-hydrogen) atoms. The van der Waals surface area contributed by atoms with Gasteiger partial charge in [-0.2, -0.15) is 0 Å². The Morgan fingerprint density at radius 2 is 1.70 bits per heavy atom. The number of aliphatic hydroxyl groups is 2. The van der Waals surface area contributed by atoms with Crippen molar-refractivity contribution in [3.8, 4) is 0 Å². The van der Waals surface area contributed by atoms with Gasteiger partial charge in [-0.3, -0.25) is 0 Å². The van der Waals surface area contributed by atoms with Crippen molar-refractivity contribution in [3.05, 3.63) is 34.3 Å². The molecule has 0 amide bonds. The number of halogens is 1. The number of rotatable bonds is 10. The normalized spacial score (nSPS) is 11.8. The third-order valence-corrected chi connectivity index (χ3v) is 3.95. The van der Waals surface area contributed by atoms with E-state index in [0.29, 0.717) is 26.2 Å². The second-order valence-corrected chi connectivity index (χ2v) is 5.73. The van der Waals surface area contributed by atoms with E-state index in [2.05, 4.69) is 15.9 Å². The van der Waals surface area contributed by atoms with Gasteiger partial charge in [0.15, 0.2) is 0 Å². The first kappa shape index (κ1) is 17.6. The van der Waals surface area contributed by atoms with E-state index in [0.717, 1.165) is 16.5 Å². The van der Waals surface area contributed by atoms with Crippen molar-refractivity contribution in [1.29, 1.82) is 0 Å². The molecule has 0 bridgehead atoms. The predicted molar refractivity (Wildman–Crippen MR) is 81.9 cm³/mol. The van der Waals surface area contributed by atoms with E-state index in [-0.39, 0.29) is 13.2 Å². The molecule has 0 aliphatic heterocycles. The molecule has 1 rings (SSSR count). The molecule has 1 aromatic rings. The van der Waals surface area contributed by atoms with Gasteiger partial charge >= 0.3 is 0 Å². The van der Waals surface area contributed by atoms with Gasteiger partial charge in [0.1, 0.15) is 0 Å². The number of hydrogen-bond donors (Lipinski definition) is 2. The predicted octanol–water partition coefficient (Wildman–Crippen LogP) is 2.11. The minimum atomic E-state index is -0.651. The Bertz CT molecular complexity index is 363. The van der Waals surface area contributed by atoms with Gasteiger partial charge in [0, 0.05) is 36.8 Å². The Labute approximate surface area is 128 Å². The molecule has 0 aliphatic carbocycles. The lowest BCUT2D eigenvalue weighted by molar-refractivity contribution is 0.0547. The monoisotopic (exact) mass is 346 g/mol. The second kappa shape index (κ2) is 9.47. The third-order valence-electron chi connectivity index (χ3n) is 3.42. The van der Waals surface area contributed by atoms with Gasteiger partial charge in [-0.15, -0.1) is 0 Å². The van der Waals surface area contributed by atoms with Gasteiger partial charge in [0.25, 0.3) is 0 Å². The van der Waals surface area contributed by atoms with Crippen LogP contribution in [-0.2, 0) is 14.9 Å². The summed E-state index contributed by atoms with van der Waals surface area (Å²) in [7, 11) is 1.66. The smallest absolute Gasteiger partial charge is 0.0550 e. The number of aliphatic hydroxyl groups excluding tert-OH is 2. The first-order valence-electron chi connectivity index (χ1n) is 6.73. The zero-order valence-electron chi connectivity index (χ0n) is 11.8. The molecule has 2 N–H and O–H groups in total. The largest absolute Gasteiger partial charge is 0.395 e. The van der Waals surface area contributed by atoms with Gasteiger partial charge in [-0.25, -0.2) is 0 Å². The van der Waals surface area contributed by atoms with E-state index < -0.39 is 5.41 Å². The van der Waals surface area contributed by atoms with Crippen LogP contribution in [0.1, 0.15) is 18.4 Å². The van der Waals surface area contributed by atoms with Crippen LogP contribution < -0.4 is 0 Å². The summed E-state index contributed by atoms with van der Waals surface area (Å²) in [4.78, 5) is 0. The van der Waals surface area contributed by atoms with Crippen LogP contribution in [0.5, 0.6) is 0 Å². The van der Waals surface area contributed by atoms with E-state index in [9.17, 15) is 10.2 Å². The van der Waals surface area contributed by atoms with E-state index in [1.54, 1.807) is 7.11 Å². The molecule has 0 atom stereocenters. The molecule has 5 heteroatoms. The topological polar surface area (TPSA) is 58.9 Å². The van der Waals surface area contributed by atoms with E-state index >= 15 is 0 Å². The molecule has 0 saturated carbocycles. The van der Waals surface area contributed by atoms with Crippen LogP contribution in [0.25, 0.3) is 0 Å². The van der Waals surface area contributed by atoms with Crippen molar-refractivity contribution in [3.63, 3.8) is 0 Å². The van der Waals surface area contributed by atoms with Crippen molar-refractivity contribution in [2.75, 3.05) is 40.1 Å². The summed E-state index contributed by atoms with van der Waals surface area (Å²) in [6.07, 6.45) is 1.43. The Morgan fingerprint density at radius 1 is 1.05 bits per heavy atom. The highest BCUT2D eigenvalue weighted by Crippen LogP contribution is 2.28. The van der Waals surface area contributed by atoms with Crippen LogP contribution in [0.2, 0.25) is 0 Å². The Kier molecular flexibility index (Phi) is 8.33. The number of hydrogen-bond acceptors (Lipinski definition) is 4. The van der Waals surface area contributed by atoms with E-state index in [1.165, 1.54) is 0 Å². The minimum Gasteiger partial charge on any atom is -0.395 e. The van der Waals surface area contributed by atoms with Crippen LogP contribution in [0.3, 0.4) is 0 Å². The summed E-state index contributed by atoms with van der Waals surface area (Å²) in [5.74, 6) is 0. The number of ether oxygens (including phenoxy) is 2. The third kappa shape index (κ3) is 5.14. The lowest BCUT2D eigenvalue weighted by Crippen LogP contribution is -2.36. The maximum Gasteiger partial charge on any atom is 0.0550 e. The molecule has 1 aromatic carbocycles. The summed E-state index contributed by atoms with van der Waals surface area (Å²) in [6, 6.07) is 7.66. The zero-order valence-corrected chi connectivity index (χ0v) is 13.4. The summed E-state index contributed by atoms with van der Waals surface area (Å²) in [5, 5.41) is 19.4. The van der Waals surface area contributed by atoms with E-state index in [4.69, 9.17) is 9.47 Å². The van der Waals surface area contributed by atoms with Crippen molar-refractivity contribution in [2.45, 2.75) is 18.3 Å². The highest BCUT2D eigenvalue weighted by Gasteiger charge is 2.30. The van der Waals surface area contributed by atoms with Gasteiger partial charge in [-0.05, 0) is 30.5 Å². The fraction of sp³-hybridized carbons (Fsp3) is 0.600. The number of benzene rings is 1. The second-order valence-electron chi connectivity index (χ2n) is 4.81. The quantitative estimate of drug-likeness (QED) is 0.637. The first-order valence-corrected chi connectivity index (χ1v) is 7.52. The average molecular weight is 347 g/mol. The van der Waals surface area contributed by atoms with Crippen molar-refractivity contribution in [2.24, 2.45) is 0 Å². The molecule has 0 spiro atoms. The summed E-state index contributed by atoms with van der Waals surface area (Å²) < 4.78 is 11.5. The van der Waals surface area contributed by atoms with Gasteiger partial charge in [-0.1, -0.05) is 28.1 Å². The van der Waals surface area contributed by atoms with Crippen LogP contribution in [-0.4, -0.2) is 50.4 Å². The molecular formula is C15H23BrO4. The standard InChI is InChI=1S/C15H23BrO4/c1-19-8-2-9-20-10-7-15(11-17,12-18)13-3-5-14(16)6-4-13/h3-6,17-18H,2,7-12H2,1H3. The Morgan fingerprint density at radius 3 is 2.25 bits per heavy atom. The van der Waals surface area contributed by atoms with Crippen LogP contribution in [0, 0.1) is 0 Å². The molecule has 0 fully saturated rings. The van der Waals surface area contributed by atoms with Gasteiger partial charge in [0.05, 0.1) is 13.2 Å². The molecule has 0 radical (unpaired) electrons. The summed E-state index contributed by atoms with van der Waals surface area (Å²) in [5.41, 5.74) is 0.272. The van der Waals surface area contributed by atoms with Gasteiger partial charge in [0.2, 0.25) is 0 Å². The minimum absolute atomic E-state index is 0.105. The number of methoxy groups -OCH3 is 1. The molecule has 0 aromatic heterocycles. The summed E-state index contributed by atoms with van der Waals surface area (Å²) >= 11 is 3.38. The Hall–Kier alpha value is -0.460. The zero-order chi connectivity index (χ0) is 14.8. The molecular weight excluding hydrogens is 324 g/mol. The molecule has 0 saturated heterocycles. The highest BCUT2D eigenvalue weighted by atomic mass is 79.9. The highest BCUT2D eigenvalue weighted by molar-refractivity contribution is 9.10. The maximum atomic E-state index is 9.69. The average Bonchev–Trinajstić information content (AvgIpc) is 2.48. The Balaban J connectivity index is 2.56. The fourth-order valence-corrected chi connectivity index (χ4v) is 2.28. The van der Waals surface area contributed by atoms with Crippen LogP contribution in [0.4, 0.5) is 0 Å². The molecule has 0 unspecified atom stereocenters. The SMILES string of the molecule is COCCCOCCC(CO)(CO)c1ccc(Br)cc1. The van der Waals surface area contributed by atoms with Crippen molar-refractivity contribution in [1.82, 2.24) is 0 Å². The lowest BCUT2D eigenvalue weighted by atomic mass is 9.79.